The number of aliphatic hydroxyl groups excluding tert-OH is 1. The van der Waals surface area contributed by atoms with E-state index in [0.29, 0.717) is 22.6 Å². The van der Waals surface area contributed by atoms with Gasteiger partial charge in [-0.15, -0.1) is 0 Å². The zero-order valence-electron chi connectivity index (χ0n) is 9.90. The predicted octanol–water partition coefficient (Wildman–Crippen LogP) is 0.380. The van der Waals surface area contributed by atoms with Gasteiger partial charge < -0.3 is 19.9 Å². The van der Waals surface area contributed by atoms with Crippen molar-refractivity contribution in [1.82, 2.24) is 5.32 Å². The van der Waals surface area contributed by atoms with Crippen LogP contribution in [0.1, 0.15) is 27.4 Å². The van der Waals surface area contributed by atoms with E-state index in [9.17, 15) is 9.59 Å². The summed E-state index contributed by atoms with van der Waals surface area (Å²) in [6.45, 7) is 4.41. The van der Waals surface area contributed by atoms with Gasteiger partial charge in [-0.1, -0.05) is 0 Å². The van der Waals surface area contributed by atoms with Crippen LogP contribution in [0.15, 0.2) is 4.42 Å². The van der Waals surface area contributed by atoms with Crippen molar-refractivity contribution in [2.75, 3.05) is 6.61 Å². The lowest BCUT2D eigenvalue weighted by Crippen LogP contribution is -2.43. The van der Waals surface area contributed by atoms with Crippen molar-refractivity contribution in [2.45, 2.75) is 26.8 Å². The number of aliphatic carboxylic acids is 1. The Balaban J connectivity index is 2.94. The smallest absolute Gasteiger partial charge is 0.328 e. The highest BCUT2D eigenvalue weighted by atomic mass is 16.4. The van der Waals surface area contributed by atoms with E-state index in [-0.39, 0.29) is 0 Å². The molecule has 0 fully saturated rings. The van der Waals surface area contributed by atoms with Crippen molar-refractivity contribution in [1.29, 1.82) is 0 Å². The monoisotopic (exact) mass is 241 g/mol. The first-order chi connectivity index (χ1) is 7.88. The van der Waals surface area contributed by atoms with E-state index in [1.807, 2.05) is 0 Å². The third-order valence-electron chi connectivity index (χ3n) is 2.57. The molecule has 17 heavy (non-hydrogen) atoms. The van der Waals surface area contributed by atoms with E-state index >= 15 is 0 Å². The van der Waals surface area contributed by atoms with Crippen molar-refractivity contribution < 1.29 is 24.2 Å². The molecule has 0 aromatic carbocycles. The molecular weight excluding hydrogens is 226 g/mol. The summed E-state index contributed by atoms with van der Waals surface area (Å²) >= 11 is 0. The molecule has 94 valence electrons. The highest BCUT2D eigenvalue weighted by Gasteiger charge is 2.24. The van der Waals surface area contributed by atoms with E-state index in [4.69, 9.17) is 14.6 Å². The van der Waals surface area contributed by atoms with Gasteiger partial charge in [-0.05, 0) is 20.8 Å². The lowest BCUT2D eigenvalue weighted by molar-refractivity contribution is -0.140. The molecule has 1 heterocycles. The second-order valence-electron chi connectivity index (χ2n) is 3.76. The molecule has 0 spiro atoms. The zero-order valence-corrected chi connectivity index (χ0v) is 9.90. The Kier molecular flexibility index (Phi) is 3.90. The van der Waals surface area contributed by atoms with Gasteiger partial charge in [-0.2, -0.15) is 0 Å². The van der Waals surface area contributed by atoms with Crippen LogP contribution >= 0.6 is 0 Å². The molecule has 6 heteroatoms. The van der Waals surface area contributed by atoms with Crippen LogP contribution in [0.2, 0.25) is 0 Å². The number of hydrogen-bond acceptors (Lipinski definition) is 4. The van der Waals surface area contributed by atoms with Gasteiger partial charge in [0.05, 0.1) is 12.2 Å². The minimum absolute atomic E-state index is 0.321. The first-order valence-electron chi connectivity index (χ1n) is 5.09. The van der Waals surface area contributed by atoms with Crippen molar-refractivity contribution in [2.24, 2.45) is 0 Å². The molecule has 0 aliphatic rings. The Labute approximate surface area is 98.2 Å². The summed E-state index contributed by atoms with van der Waals surface area (Å²) in [7, 11) is 0. The molecule has 1 rings (SSSR count). The molecule has 1 atom stereocenters. The predicted molar refractivity (Wildman–Crippen MR) is 58.9 cm³/mol. The largest absolute Gasteiger partial charge is 0.480 e. The molecular formula is C11H15NO5. The molecule has 1 amide bonds. The van der Waals surface area contributed by atoms with Gasteiger partial charge in [0.2, 0.25) is 0 Å². The molecule has 0 saturated heterocycles. The van der Waals surface area contributed by atoms with E-state index < -0.39 is 24.5 Å². The molecule has 0 bridgehead atoms. The van der Waals surface area contributed by atoms with Crippen LogP contribution in [0.25, 0.3) is 0 Å². The van der Waals surface area contributed by atoms with E-state index in [0.717, 1.165) is 0 Å². The fourth-order valence-electron chi connectivity index (χ4n) is 1.54. The summed E-state index contributed by atoms with van der Waals surface area (Å²) in [5.74, 6) is -0.794. The van der Waals surface area contributed by atoms with Crippen molar-refractivity contribution in [3.63, 3.8) is 0 Å². The average molecular weight is 241 g/mol. The normalized spacial score (nSPS) is 12.2. The van der Waals surface area contributed by atoms with E-state index in [1.54, 1.807) is 20.8 Å². The number of amides is 1. The number of hydrogen-bond donors (Lipinski definition) is 3. The van der Waals surface area contributed by atoms with Crippen LogP contribution in [-0.2, 0) is 4.79 Å². The molecule has 0 radical (unpaired) electrons. The van der Waals surface area contributed by atoms with Gasteiger partial charge in [0.15, 0.2) is 6.04 Å². The number of furan rings is 1. The fourth-order valence-corrected chi connectivity index (χ4v) is 1.54. The number of carboxylic acids is 1. The Morgan fingerprint density at radius 3 is 2.24 bits per heavy atom. The Hall–Kier alpha value is -1.82. The van der Waals surface area contributed by atoms with E-state index in [2.05, 4.69) is 5.32 Å². The Morgan fingerprint density at radius 1 is 1.29 bits per heavy atom. The first-order valence-corrected chi connectivity index (χ1v) is 5.09. The van der Waals surface area contributed by atoms with Gasteiger partial charge in [0, 0.05) is 5.56 Å². The minimum Gasteiger partial charge on any atom is -0.480 e. The van der Waals surface area contributed by atoms with Gasteiger partial charge in [-0.3, -0.25) is 4.79 Å². The zero-order chi connectivity index (χ0) is 13.2. The van der Waals surface area contributed by atoms with Gasteiger partial charge in [0.25, 0.3) is 5.91 Å². The van der Waals surface area contributed by atoms with Crippen LogP contribution in [0.4, 0.5) is 0 Å². The number of carboxylic acid groups (broad SMARTS) is 1. The number of aliphatic hydroxyl groups is 1. The summed E-state index contributed by atoms with van der Waals surface area (Å²) in [4.78, 5) is 22.5. The molecule has 6 nitrogen and oxygen atoms in total. The van der Waals surface area contributed by atoms with Crippen molar-refractivity contribution in [3.05, 3.63) is 22.6 Å². The summed E-state index contributed by atoms with van der Waals surface area (Å²) in [5.41, 5.74) is 0.990. The lowest BCUT2D eigenvalue weighted by Gasteiger charge is -2.11. The average Bonchev–Trinajstić information content (AvgIpc) is 2.49. The molecule has 3 N–H and O–H groups in total. The summed E-state index contributed by atoms with van der Waals surface area (Å²) in [5, 5.41) is 19.8. The molecule has 0 unspecified atom stereocenters. The van der Waals surface area contributed by atoms with Crippen molar-refractivity contribution >= 4 is 11.9 Å². The Bertz CT molecular complexity index is 449. The van der Waals surface area contributed by atoms with Crippen LogP contribution < -0.4 is 5.32 Å². The third kappa shape index (κ3) is 2.65. The SMILES string of the molecule is Cc1oc(C)c(C(=O)N[C@H](CO)C(=O)O)c1C. The molecule has 1 aromatic heterocycles. The van der Waals surface area contributed by atoms with Crippen LogP contribution in [0.5, 0.6) is 0 Å². The maximum absolute atomic E-state index is 11.8. The van der Waals surface area contributed by atoms with Crippen LogP contribution in [0.3, 0.4) is 0 Å². The van der Waals surface area contributed by atoms with E-state index in [1.165, 1.54) is 0 Å². The first kappa shape index (κ1) is 13.2. The number of nitrogens with one attached hydrogen (secondary N) is 1. The second kappa shape index (κ2) is 5.01. The fraction of sp³-hybridized carbons (Fsp3) is 0.455. The molecule has 0 saturated carbocycles. The lowest BCUT2D eigenvalue weighted by atomic mass is 10.1. The van der Waals surface area contributed by atoms with Gasteiger partial charge in [0.1, 0.15) is 11.5 Å². The summed E-state index contributed by atoms with van der Waals surface area (Å²) in [6.07, 6.45) is 0. The maximum Gasteiger partial charge on any atom is 0.328 e. The minimum atomic E-state index is -1.31. The number of aryl methyl sites for hydroxylation is 2. The summed E-state index contributed by atoms with van der Waals surface area (Å²) in [6, 6.07) is -1.31. The quantitative estimate of drug-likeness (QED) is 0.707. The Morgan fingerprint density at radius 2 is 1.88 bits per heavy atom. The van der Waals surface area contributed by atoms with Crippen LogP contribution in [0, 0.1) is 20.8 Å². The highest BCUT2D eigenvalue weighted by Crippen LogP contribution is 2.20. The maximum atomic E-state index is 11.8. The summed E-state index contributed by atoms with van der Waals surface area (Å²) < 4.78 is 5.27. The number of rotatable bonds is 4. The third-order valence-corrected chi connectivity index (χ3v) is 2.57. The standard InChI is InChI=1S/C11H15NO5/c1-5-6(2)17-7(3)9(5)10(14)12-8(4-13)11(15)16/h8,13H,4H2,1-3H3,(H,12,14)(H,15,16)/t8-/m1/s1. The molecule has 0 aliphatic heterocycles. The van der Waals surface area contributed by atoms with Crippen LogP contribution in [-0.4, -0.2) is 34.7 Å². The number of carbonyl (C=O) groups is 2. The second-order valence-corrected chi connectivity index (χ2v) is 3.76. The number of carbonyl (C=O) groups excluding carboxylic acids is 1. The van der Waals surface area contributed by atoms with Gasteiger partial charge in [-0.25, -0.2) is 4.79 Å². The topological polar surface area (TPSA) is 99.8 Å². The molecule has 1 aromatic rings. The van der Waals surface area contributed by atoms with Gasteiger partial charge >= 0.3 is 5.97 Å². The highest BCUT2D eigenvalue weighted by molar-refractivity contribution is 5.98. The van der Waals surface area contributed by atoms with Crippen molar-refractivity contribution in [3.8, 4) is 0 Å². The molecule has 0 aliphatic carbocycles.